The summed E-state index contributed by atoms with van der Waals surface area (Å²) in [6.07, 6.45) is 2.16. The first-order valence-electron chi connectivity index (χ1n) is 6.15. The van der Waals surface area contributed by atoms with Gasteiger partial charge in [0.15, 0.2) is 0 Å². The van der Waals surface area contributed by atoms with Crippen molar-refractivity contribution >= 4 is 23.2 Å². The van der Waals surface area contributed by atoms with Crippen molar-refractivity contribution in [2.45, 2.75) is 31.8 Å². The second-order valence-corrected chi connectivity index (χ2v) is 5.19. The van der Waals surface area contributed by atoms with Crippen LogP contribution in [0, 0.1) is 0 Å². The molecule has 4 N–H and O–H groups in total. The minimum Gasteiger partial charge on any atom is -0.382 e. The average molecular weight is 268 g/mol. The van der Waals surface area contributed by atoms with Gasteiger partial charge in [-0.2, -0.15) is 0 Å². The minimum absolute atomic E-state index is 0.362. The van der Waals surface area contributed by atoms with Gasteiger partial charge >= 0.3 is 0 Å². The standard InChI is InChI=1S/C13H18ClN3O/c1-8-6-10(4-5-16-8)17-9-2-3-11(13(15)18)12(14)7-9/h2-3,7-8,10,16-17H,4-6H2,1H3,(H2,15,18). The molecule has 0 saturated carbocycles. The number of halogens is 1. The summed E-state index contributed by atoms with van der Waals surface area (Å²) in [5.74, 6) is -0.498. The second-order valence-electron chi connectivity index (χ2n) is 4.78. The number of amides is 1. The van der Waals surface area contributed by atoms with Crippen LogP contribution >= 0.6 is 11.6 Å². The van der Waals surface area contributed by atoms with E-state index in [1.807, 2.05) is 6.07 Å². The van der Waals surface area contributed by atoms with Crippen LogP contribution < -0.4 is 16.4 Å². The molecule has 1 aromatic rings. The van der Waals surface area contributed by atoms with Gasteiger partial charge in [-0.1, -0.05) is 11.6 Å². The van der Waals surface area contributed by atoms with Gasteiger partial charge in [-0.15, -0.1) is 0 Å². The third kappa shape index (κ3) is 3.15. The second kappa shape index (κ2) is 5.59. The number of rotatable bonds is 3. The number of carbonyl (C=O) groups is 1. The monoisotopic (exact) mass is 267 g/mol. The normalized spacial score (nSPS) is 23.7. The van der Waals surface area contributed by atoms with Crippen LogP contribution in [-0.4, -0.2) is 24.5 Å². The zero-order valence-electron chi connectivity index (χ0n) is 10.4. The lowest BCUT2D eigenvalue weighted by Gasteiger charge is -2.29. The van der Waals surface area contributed by atoms with E-state index in [1.54, 1.807) is 12.1 Å². The molecule has 1 aliphatic heterocycles. The molecule has 0 aromatic heterocycles. The molecule has 5 heteroatoms. The molecule has 2 atom stereocenters. The average Bonchev–Trinajstić information content (AvgIpc) is 2.28. The number of anilines is 1. The largest absolute Gasteiger partial charge is 0.382 e. The van der Waals surface area contributed by atoms with Crippen molar-refractivity contribution in [1.29, 1.82) is 0 Å². The van der Waals surface area contributed by atoms with Crippen LogP contribution in [-0.2, 0) is 0 Å². The maximum atomic E-state index is 11.1. The molecule has 2 unspecified atom stereocenters. The molecule has 1 amide bonds. The maximum Gasteiger partial charge on any atom is 0.250 e. The summed E-state index contributed by atoms with van der Waals surface area (Å²) in [6, 6.07) is 6.23. The highest BCUT2D eigenvalue weighted by Gasteiger charge is 2.18. The molecule has 0 aliphatic carbocycles. The summed E-state index contributed by atoms with van der Waals surface area (Å²) in [4.78, 5) is 11.1. The molecule has 0 radical (unpaired) electrons. The number of hydrogen-bond acceptors (Lipinski definition) is 3. The topological polar surface area (TPSA) is 67.1 Å². The van der Waals surface area contributed by atoms with Crippen LogP contribution in [0.2, 0.25) is 5.02 Å². The molecule has 1 heterocycles. The molecule has 4 nitrogen and oxygen atoms in total. The van der Waals surface area contributed by atoms with Crippen LogP contribution in [0.1, 0.15) is 30.1 Å². The van der Waals surface area contributed by atoms with Gasteiger partial charge < -0.3 is 16.4 Å². The third-order valence-electron chi connectivity index (χ3n) is 3.23. The molecule has 1 aromatic carbocycles. The first-order chi connectivity index (χ1) is 8.56. The Morgan fingerprint density at radius 2 is 2.33 bits per heavy atom. The van der Waals surface area contributed by atoms with Gasteiger partial charge in [-0.3, -0.25) is 4.79 Å². The number of carbonyl (C=O) groups excluding carboxylic acids is 1. The van der Waals surface area contributed by atoms with Gasteiger partial charge in [-0.05, 0) is 44.5 Å². The number of hydrogen-bond donors (Lipinski definition) is 3. The van der Waals surface area contributed by atoms with Gasteiger partial charge in [0.2, 0.25) is 5.91 Å². The number of piperidine rings is 1. The minimum atomic E-state index is -0.498. The summed E-state index contributed by atoms with van der Waals surface area (Å²) < 4.78 is 0. The maximum absolute atomic E-state index is 11.1. The SMILES string of the molecule is CC1CC(Nc2ccc(C(N)=O)c(Cl)c2)CCN1. The molecule has 98 valence electrons. The van der Waals surface area contributed by atoms with E-state index in [4.69, 9.17) is 17.3 Å². The highest BCUT2D eigenvalue weighted by molar-refractivity contribution is 6.34. The van der Waals surface area contributed by atoms with Crippen molar-refractivity contribution in [2.75, 3.05) is 11.9 Å². The lowest BCUT2D eigenvalue weighted by Crippen LogP contribution is -2.41. The summed E-state index contributed by atoms with van der Waals surface area (Å²) in [7, 11) is 0. The summed E-state index contributed by atoms with van der Waals surface area (Å²) in [5, 5.41) is 7.25. The number of primary amides is 1. The molecule has 2 rings (SSSR count). The van der Waals surface area contributed by atoms with Crippen LogP contribution in [0.3, 0.4) is 0 Å². The van der Waals surface area contributed by atoms with Gasteiger partial charge in [0, 0.05) is 17.8 Å². The van der Waals surface area contributed by atoms with Crippen LogP contribution in [0.5, 0.6) is 0 Å². The van der Waals surface area contributed by atoms with Crippen molar-refractivity contribution in [2.24, 2.45) is 5.73 Å². The van der Waals surface area contributed by atoms with Crippen molar-refractivity contribution in [3.8, 4) is 0 Å². The molecule has 1 fully saturated rings. The Kier molecular flexibility index (Phi) is 4.09. The molecule has 0 bridgehead atoms. The zero-order valence-corrected chi connectivity index (χ0v) is 11.1. The Hall–Kier alpha value is -1.26. The van der Waals surface area contributed by atoms with Crippen LogP contribution in [0.25, 0.3) is 0 Å². The molecule has 1 saturated heterocycles. The Labute approximate surface area is 112 Å². The Balaban J connectivity index is 2.05. The predicted octanol–water partition coefficient (Wildman–Crippen LogP) is 1.99. The van der Waals surface area contributed by atoms with Gasteiger partial charge in [-0.25, -0.2) is 0 Å². The first kappa shape index (κ1) is 13.2. The summed E-state index contributed by atoms with van der Waals surface area (Å²) in [6.45, 7) is 3.20. The Morgan fingerprint density at radius 3 is 2.94 bits per heavy atom. The van der Waals surface area contributed by atoms with E-state index < -0.39 is 5.91 Å². The van der Waals surface area contributed by atoms with Crippen molar-refractivity contribution in [3.63, 3.8) is 0 Å². The van der Waals surface area contributed by atoms with Gasteiger partial charge in [0.05, 0.1) is 10.6 Å². The fourth-order valence-electron chi connectivity index (χ4n) is 2.30. The van der Waals surface area contributed by atoms with Crippen LogP contribution in [0.4, 0.5) is 5.69 Å². The Morgan fingerprint density at radius 1 is 1.56 bits per heavy atom. The highest BCUT2D eigenvalue weighted by atomic mass is 35.5. The van der Waals surface area contributed by atoms with E-state index in [0.717, 1.165) is 25.1 Å². The number of benzene rings is 1. The van der Waals surface area contributed by atoms with E-state index >= 15 is 0 Å². The van der Waals surface area contributed by atoms with Crippen molar-refractivity contribution in [1.82, 2.24) is 5.32 Å². The van der Waals surface area contributed by atoms with E-state index in [0.29, 0.717) is 22.7 Å². The van der Waals surface area contributed by atoms with E-state index in [-0.39, 0.29) is 0 Å². The lowest BCUT2D eigenvalue weighted by atomic mass is 10.0. The first-order valence-corrected chi connectivity index (χ1v) is 6.53. The molecule has 18 heavy (non-hydrogen) atoms. The third-order valence-corrected chi connectivity index (χ3v) is 3.54. The lowest BCUT2D eigenvalue weighted by molar-refractivity contribution is 0.100. The summed E-state index contributed by atoms with van der Waals surface area (Å²) >= 11 is 6.02. The van der Waals surface area contributed by atoms with E-state index in [2.05, 4.69) is 17.6 Å². The van der Waals surface area contributed by atoms with Crippen molar-refractivity contribution < 1.29 is 4.79 Å². The molecule has 0 spiro atoms. The van der Waals surface area contributed by atoms with E-state index in [1.165, 1.54) is 0 Å². The van der Waals surface area contributed by atoms with E-state index in [9.17, 15) is 4.79 Å². The highest BCUT2D eigenvalue weighted by Crippen LogP contribution is 2.22. The molecule has 1 aliphatic rings. The van der Waals surface area contributed by atoms with Gasteiger partial charge in [0.25, 0.3) is 0 Å². The predicted molar refractivity (Wildman–Crippen MR) is 74.1 cm³/mol. The number of nitrogens with one attached hydrogen (secondary N) is 2. The molecular formula is C13H18ClN3O. The van der Waals surface area contributed by atoms with Crippen LogP contribution in [0.15, 0.2) is 18.2 Å². The smallest absolute Gasteiger partial charge is 0.250 e. The fraction of sp³-hybridized carbons (Fsp3) is 0.462. The van der Waals surface area contributed by atoms with Gasteiger partial charge in [0.1, 0.15) is 0 Å². The van der Waals surface area contributed by atoms with Crippen molar-refractivity contribution in [3.05, 3.63) is 28.8 Å². The Bertz CT molecular complexity index is 450. The zero-order chi connectivity index (χ0) is 13.1. The molecular weight excluding hydrogens is 250 g/mol. The fourth-order valence-corrected chi connectivity index (χ4v) is 2.58. The quantitative estimate of drug-likeness (QED) is 0.785. The number of nitrogens with two attached hydrogens (primary N) is 1. The summed E-state index contributed by atoms with van der Waals surface area (Å²) in [5.41, 5.74) is 6.51.